The predicted octanol–water partition coefficient (Wildman–Crippen LogP) is 0.814. The first-order valence-electron chi connectivity index (χ1n) is 5.97. The van der Waals surface area contributed by atoms with Gasteiger partial charge in [0.05, 0.1) is 5.69 Å². The molecule has 0 bridgehead atoms. The predicted molar refractivity (Wildman–Crippen MR) is 60.9 cm³/mol. The van der Waals surface area contributed by atoms with E-state index in [1.807, 2.05) is 10.9 Å². The smallest absolute Gasteiger partial charge is 0.0964 e. The van der Waals surface area contributed by atoms with E-state index in [1.165, 1.54) is 12.8 Å². The summed E-state index contributed by atoms with van der Waals surface area (Å²) in [4.78, 5) is 0. The van der Waals surface area contributed by atoms with Gasteiger partial charge in [0.25, 0.3) is 0 Å². The Balaban J connectivity index is 1.64. The lowest BCUT2D eigenvalue weighted by Gasteiger charge is -1.99. The van der Waals surface area contributed by atoms with E-state index in [4.69, 9.17) is 4.74 Å². The van der Waals surface area contributed by atoms with Crippen LogP contribution in [0.3, 0.4) is 0 Å². The van der Waals surface area contributed by atoms with Crippen LogP contribution in [0.2, 0.25) is 0 Å². The zero-order valence-corrected chi connectivity index (χ0v) is 9.85. The second-order valence-electron chi connectivity index (χ2n) is 4.39. The highest BCUT2D eigenvalue weighted by molar-refractivity contribution is 4.92. The number of rotatable bonds is 8. The SMILES string of the molecule is COCCCn1cc(CNCC2CC2)nn1. The zero-order valence-electron chi connectivity index (χ0n) is 9.85. The molecule has 5 nitrogen and oxygen atoms in total. The molecule has 0 unspecified atom stereocenters. The van der Waals surface area contributed by atoms with Gasteiger partial charge in [-0.05, 0) is 31.7 Å². The molecule has 2 rings (SSSR count). The third kappa shape index (κ3) is 3.90. The minimum absolute atomic E-state index is 0.773. The van der Waals surface area contributed by atoms with E-state index in [0.717, 1.165) is 44.3 Å². The van der Waals surface area contributed by atoms with Crippen LogP contribution in [-0.4, -0.2) is 35.3 Å². The highest BCUT2D eigenvalue weighted by atomic mass is 16.5. The van der Waals surface area contributed by atoms with Crippen molar-refractivity contribution in [2.24, 2.45) is 5.92 Å². The fraction of sp³-hybridized carbons (Fsp3) is 0.818. The highest BCUT2D eigenvalue weighted by Crippen LogP contribution is 2.27. The molecule has 1 fully saturated rings. The van der Waals surface area contributed by atoms with Gasteiger partial charge < -0.3 is 10.1 Å². The van der Waals surface area contributed by atoms with Gasteiger partial charge >= 0.3 is 0 Å². The van der Waals surface area contributed by atoms with Crippen LogP contribution in [-0.2, 0) is 17.8 Å². The molecule has 1 aliphatic carbocycles. The molecular weight excluding hydrogens is 204 g/mol. The van der Waals surface area contributed by atoms with Crippen molar-refractivity contribution in [3.8, 4) is 0 Å². The maximum atomic E-state index is 4.99. The van der Waals surface area contributed by atoms with Crippen molar-refractivity contribution in [1.29, 1.82) is 0 Å². The molecule has 1 heterocycles. The third-order valence-electron chi connectivity index (χ3n) is 2.76. The Morgan fingerprint density at radius 1 is 1.56 bits per heavy atom. The van der Waals surface area contributed by atoms with Crippen molar-refractivity contribution in [3.05, 3.63) is 11.9 Å². The number of ether oxygens (including phenoxy) is 1. The van der Waals surface area contributed by atoms with Crippen molar-refractivity contribution < 1.29 is 4.74 Å². The van der Waals surface area contributed by atoms with E-state index in [0.29, 0.717) is 0 Å². The minimum Gasteiger partial charge on any atom is -0.385 e. The molecule has 1 N–H and O–H groups in total. The van der Waals surface area contributed by atoms with Gasteiger partial charge in [-0.25, -0.2) is 0 Å². The minimum atomic E-state index is 0.773. The van der Waals surface area contributed by atoms with E-state index in [-0.39, 0.29) is 0 Å². The van der Waals surface area contributed by atoms with Crippen molar-refractivity contribution in [1.82, 2.24) is 20.3 Å². The van der Waals surface area contributed by atoms with E-state index >= 15 is 0 Å². The normalized spacial score (nSPS) is 15.6. The van der Waals surface area contributed by atoms with Crippen LogP contribution in [0, 0.1) is 5.92 Å². The van der Waals surface area contributed by atoms with Gasteiger partial charge in [-0.3, -0.25) is 4.68 Å². The summed E-state index contributed by atoms with van der Waals surface area (Å²) in [6.07, 6.45) is 5.76. The second-order valence-corrected chi connectivity index (χ2v) is 4.39. The maximum Gasteiger partial charge on any atom is 0.0964 e. The zero-order chi connectivity index (χ0) is 11.2. The molecule has 1 aromatic heterocycles. The first-order chi connectivity index (χ1) is 7.88. The fourth-order valence-electron chi connectivity index (χ4n) is 1.63. The molecule has 16 heavy (non-hydrogen) atoms. The van der Waals surface area contributed by atoms with Crippen molar-refractivity contribution in [3.63, 3.8) is 0 Å². The lowest BCUT2D eigenvalue weighted by atomic mass is 10.4. The molecule has 0 amide bonds. The summed E-state index contributed by atoms with van der Waals surface area (Å²) in [5.41, 5.74) is 1.03. The van der Waals surface area contributed by atoms with Crippen LogP contribution in [0.15, 0.2) is 6.20 Å². The summed E-state index contributed by atoms with van der Waals surface area (Å²) >= 11 is 0. The first-order valence-corrected chi connectivity index (χ1v) is 5.97. The summed E-state index contributed by atoms with van der Waals surface area (Å²) in [5.74, 6) is 0.914. The average molecular weight is 224 g/mol. The Morgan fingerprint density at radius 3 is 3.19 bits per heavy atom. The number of nitrogens with zero attached hydrogens (tertiary/aromatic N) is 3. The van der Waals surface area contributed by atoms with Gasteiger partial charge in [0.2, 0.25) is 0 Å². The topological polar surface area (TPSA) is 52.0 Å². The number of nitrogens with one attached hydrogen (secondary N) is 1. The van der Waals surface area contributed by atoms with Gasteiger partial charge in [-0.15, -0.1) is 5.10 Å². The molecule has 0 atom stereocenters. The van der Waals surface area contributed by atoms with Crippen LogP contribution < -0.4 is 5.32 Å². The number of hydrogen-bond acceptors (Lipinski definition) is 4. The van der Waals surface area contributed by atoms with E-state index < -0.39 is 0 Å². The monoisotopic (exact) mass is 224 g/mol. The molecule has 0 aromatic carbocycles. The van der Waals surface area contributed by atoms with Gasteiger partial charge in [0.1, 0.15) is 0 Å². The Morgan fingerprint density at radius 2 is 2.44 bits per heavy atom. The van der Waals surface area contributed by atoms with E-state index in [1.54, 1.807) is 7.11 Å². The standard InChI is InChI=1S/C11H20N4O/c1-16-6-2-5-15-9-11(13-14-15)8-12-7-10-3-4-10/h9-10,12H,2-8H2,1H3. The van der Waals surface area contributed by atoms with Gasteiger partial charge in [-0.1, -0.05) is 5.21 Å². The molecule has 0 radical (unpaired) electrons. The third-order valence-corrected chi connectivity index (χ3v) is 2.76. The number of aryl methyl sites for hydroxylation is 1. The summed E-state index contributed by atoms with van der Waals surface area (Å²) in [5, 5.41) is 11.6. The lowest BCUT2D eigenvalue weighted by Crippen LogP contribution is -2.16. The summed E-state index contributed by atoms with van der Waals surface area (Å²) in [6, 6.07) is 0. The quantitative estimate of drug-likeness (QED) is 0.664. The van der Waals surface area contributed by atoms with Crippen molar-refractivity contribution >= 4 is 0 Å². The molecule has 1 aromatic rings. The van der Waals surface area contributed by atoms with Crippen LogP contribution >= 0.6 is 0 Å². The Bertz CT molecular complexity index is 309. The summed E-state index contributed by atoms with van der Waals surface area (Å²) in [6.45, 7) is 3.61. The molecule has 1 saturated carbocycles. The largest absolute Gasteiger partial charge is 0.385 e. The average Bonchev–Trinajstić information content (AvgIpc) is 2.99. The first kappa shape index (κ1) is 11.5. The maximum absolute atomic E-state index is 4.99. The molecular formula is C11H20N4O. The molecule has 5 heteroatoms. The lowest BCUT2D eigenvalue weighted by molar-refractivity contribution is 0.188. The Kier molecular flexibility index (Phi) is 4.30. The van der Waals surface area contributed by atoms with Crippen LogP contribution in [0.25, 0.3) is 0 Å². The van der Waals surface area contributed by atoms with Crippen LogP contribution in [0.1, 0.15) is 25.0 Å². The second kappa shape index (κ2) is 5.96. The Labute approximate surface area is 96.2 Å². The molecule has 0 saturated heterocycles. The highest BCUT2D eigenvalue weighted by Gasteiger charge is 2.20. The van der Waals surface area contributed by atoms with Gasteiger partial charge in [-0.2, -0.15) is 0 Å². The van der Waals surface area contributed by atoms with Gasteiger partial charge in [0.15, 0.2) is 0 Å². The van der Waals surface area contributed by atoms with Crippen molar-refractivity contribution in [2.75, 3.05) is 20.3 Å². The number of methoxy groups -OCH3 is 1. The van der Waals surface area contributed by atoms with Crippen molar-refractivity contribution in [2.45, 2.75) is 32.4 Å². The van der Waals surface area contributed by atoms with E-state index in [2.05, 4.69) is 15.6 Å². The molecule has 0 spiro atoms. The number of hydrogen-bond donors (Lipinski definition) is 1. The van der Waals surface area contributed by atoms with Crippen LogP contribution in [0.5, 0.6) is 0 Å². The van der Waals surface area contributed by atoms with Crippen LogP contribution in [0.4, 0.5) is 0 Å². The molecule has 90 valence electrons. The molecule has 0 aliphatic heterocycles. The molecule has 1 aliphatic rings. The Hall–Kier alpha value is -0.940. The number of aromatic nitrogens is 3. The fourth-order valence-corrected chi connectivity index (χ4v) is 1.63. The summed E-state index contributed by atoms with van der Waals surface area (Å²) in [7, 11) is 1.72. The summed E-state index contributed by atoms with van der Waals surface area (Å²) < 4.78 is 6.88. The van der Waals surface area contributed by atoms with Gasteiger partial charge in [0, 0.05) is 33.0 Å². The van der Waals surface area contributed by atoms with E-state index in [9.17, 15) is 0 Å².